The number of nitrogens with one attached hydrogen (secondary N) is 2. The van der Waals surface area contributed by atoms with Crippen molar-refractivity contribution < 1.29 is 14.3 Å². The maximum atomic E-state index is 11.9. The van der Waals surface area contributed by atoms with E-state index in [1.165, 1.54) is 11.3 Å². The fourth-order valence-electron chi connectivity index (χ4n) is 2.34. The Morgan fingerprint density at radius 3 is 2.86 bits per heavy atom. The van der Waals surface area contributed by atoms with Gasteiger partial charge in [0.1, 0.15) is 5.75 Å². The Labute approximate surface area is 131 Å². The van der Waals surface area contributed by atoms with E-state index in [4.69, 9.17) is 4.74 Å². The third-order valence-electron chi connectivity index (χ3n) is 3.50. The van der Waals surface area contributed by atoms with Crippen LogP contribution < -0.4 is 15.4 Å². The summed E-state index contributed by atoms with van der Waals surface area (Å²) in [6.45, 7) is 0. The smallest absolute Gasteiger partial charge is 0.315 e. The Morgan fingerprint density at radius 1 is 1.32 bits per heavy atom. The van der Waals surface area contributed by atoms with Crippen molar-refractivity contribution in [3.05, 3.63) is 41.4 Å². The van der Waals surface area contributed by atoms with Gasteiger partial charge in [-0.05, 0) is 18.1 Å². The Balaban J connectivity index is 1.57. The number of benzene rings is 1. The van der Waals surface area contributed by atoms with Crippen molar-refractivity contribution in [3.63, 3.8) is 0 Å². The van der Waals surface area contributed by atoms with Crippen LogP contribution in [-0.2, 0) is 9.59 Å². The van der Waals surface area contributed by atoms with Gasteiger partial charge in [-0.15, -0.1) is 11.3 Å². The van der Waals surface area contributed by atoms with Gasteiger partial charge in [0, 0.05) is 23.5 Å². The number of para-hydroxylation sites is 1. The third kappa shape index (κ3) is 3.09. The summed E-state index contributed by atoms with van der Waals surface area (Å²) < 4.78 is 5.32. The highest BCUT2D eigenvalue weighted by Gasteiger charge is 2.41. The third-order valence-corrected chi connectivity index (χ3v) is 4.19. The van der Waals surface area contributed by atoms with Crippen molar-refractivity contribution in [1.29, 1.82) is 0 Å². The van der Waals surface area contributed by atoms with E-state index in [2.05, 4.69) is 15.6 Å². The Bertz CT molecular complexity index is 687. The lowest BCUT2D eigenvalue weighted by Crippen LogP contribution is -2.37. The molecular formula is C15H15N3O3S. The molecule has 0 radical (unpaired) electrons. The zero-order valence-electron chi connectivity index (χ0n) is 11.9. The van der Waals surface area contributed by atoms with Crippen LogP contribution >= 0.6 is 11.3 Å². The largest absolute Gasteiger partial charge is 0.496 e. The van der Waals surface area contributed by atoms with E-state index in [1.807, 2.05) is 24.3 Å². The fraction of sp³-hybridized carbons (Fsp3) is 0.267. The molecule has 6 nitrogen and oxygen atoms in total. The summed E-state index contributed by atoms with van der Waals surface area (Å²) in [5.74, 6) is -0.345. The molecule has 2 atom stereocenters. The number of hydrogen-bond acceptors (Lipinski definition) is 5. The zero-order valence-corrected chi connectivity index (χ0v) is 12.7. The van der Waals surface area contributed by atoms with Crippen LogP contribution in [0.2, 0.25) is 0 Å². The quantitative estimate of drug-likeness (QED) is 0.842. The molecule has 0 aliphatic heterocycles. The molecule has 2 N–H and O–H groups in total. The van der Waals surface area contributed by atoms with Crippen LogP contribution in [0, 0.1) is 0 Å². The van der Waals surface area contributed by atoms with E-state index in [0.29, 0.717) is 5.13 Å². The molecule has 114 valence electrons. The average molecular weight is 317 g/mol. The molecule has 0 spiro atoms. The van der Waals surface area contributed by atoms with E-state index in [1.54, 1.807) is 18.7 Å². The zero-order chi connectivity index (χ0) is 15.5. The highest BCUT2D eigenvalue weighted by Crippen LogP contribution is 2.44. The number of amides is 2. The number of ether oxygens (including phenoxy) is 1. The molecular weight excluding hydrogens is 302 g/mol. The molecule has 1 aliphatic carbocycles. The summed E-state index contributed by atoms with van der Waals surface area (Å²) in [6.07, 6.45) is 2.37. The van der Waals surface area contributed by atoms with Crippen LogP contribution in [0.1, 0.15) is 17.9 Å². The molecule has 7 heteroatoms. The average Bonchev–Trinajstić information content (AvgIpc) is 3.09. The summed E-state index contributed by atoms with van der Waals surface area (Å²) in [7, 11) is 1.62. The molecule has 1 aliphatic rings. The van der Waals surface area contributed by atoms with E-state index in [9.17, 15) is 9.59 Å². The second kappa shape index (κ2) is 6.15. The van der Waals surface area contributed by atoms with Gasteiger partial charge in [-0.25, -0.2) is 4.98 Å². The number of carbonyl (C=O) groups excluding carboxylic acids is 2. The topological polar surface area (TPSA) is 80.3 Å². The lowest BCUT2D eigenvalue weighted by atomic mass is 10.1. The van der Waals surface area contributed by atoms with E-state index in [0.717, 1.165) is 17.7 Å². The van der Waals surface area contributed by atoms with Gasteiger partial charge in [0.05, 0.1) is 7.11 Å². The predicted octanol–water partition coefficient (Wildman–Crippen LogP) is 1.76. The summed E-state index contributed by atoms with van der Waals surface area (Å²) in [6, 6.07) is 7.67. The minimum atomic E-state index is -0.694. The van der Waals surface area contributed by atoms with Gasteiger partial charge in [-0.1, -0.05) is 18.2 Å². The van der Waals surface area contributed by atoms with Crippen molar-refractivity contribution in [2.75, 3.05) is 12.4 Å². The molecule has 1 fully saturated rings. The van der Waals surface area contributed by atoms with Gasteiger partial charge in [0.25, 0.3) is 0 Å². The number of rotatable bonds is 4. The number of nitrogens with zero attached hydrogens (tertiary/aromatic N) is 1. The van der Waals surface area contributed by atoms with E-state index >= 15 is 0 Å². The second-order valence-corrected chi connectivity index (χ2v) is 5.85. The molecule has 22 heavy (non-hydrogen) atoms. The molecule has 2 aromatic rings. The van der Waals surface area contributed by atoms with Crippen molar-refractivity contribution in [2.45, 2.75) is 18.4 Å². The van der Waals surface area contributed by atoms with Crippen LogP contribution in [0.5, 0.6) is 5.75 Å². The highest BCUT2D eigenvalue weighted by molar-refractivity contribution is 7.13. The standard InChI is InChI=1S/C15H15N3O3S/c1-21-12-5-3-2-4-9(12)10-8-11(10)17-13(19)14(20)18-15-16-6-7-22-15/h2-7,10-11H,8H2,1H3,(H,17,19)(H,16,18,20)/t10-,11+/m1/s1. The number of hydrogen-bond donors (Lipinski definition) is 2. The van der Waals surface area contributed by atoms with E-state index < -0.39 is 11.8 Å². The minimum absolute atomic E-state index is 0.0363. The van der Waals surface area contributed by atoms with Crippen molar-refractivity contribution >= 4 is 28.3 Å². The van der Waals surface area contributed by atoms with Gasteiger partial charge in [-0.2, -0.15) is 0 Å². The molecule has 0 unspecified atom stereocenters. The molecule has 1 aromatic heterocycles. The summed E-state index contributed by atoms with van der Waals surface area (Å²) >= 11 is 1.27. The van der Waals surface area contributed by atoms with Crippen LogP contribution in [0.4, 0.5) is 5.13 Å². The fourth-order valence-corrected chi connectivity index (χ4v) is 2.87. The molecule has 2 amide bonds. The van der Waals surface area contributed by atoms with Crippen LogP contribution in [0.3, 0.4) is 0 Å². The van der Waals surface area contributed by atoms with Crippen LogP contribution in [0.25, 0.3) is 0 Å². The predicted molar refractivity (Wildman–Crippen MR) is 83.0 cm³/mol. The molecule has 1 saturated carbocycles. The molecule has 1 aromatic carbocycles. The van der Waals surface area contributed by atoms with Gasteiger partial charge in [-0.3, -0.25) is 14.9 Å². The van der Waals surface area contributed by atoms with Gasteiger partial charge >= 0.3 is 11.8 Å². The first-order chi connectivity index (χ1) is 10.7. The summed E-state index contributed by atoms with van der Waals surface area (Å²) in [5.41, 5.74) is 1.05. The molecule has 1 heterocycles. The minimum Gasteiger partial charge on any atom is -0.496 e. The SMILES string of the molecule is COc1ccccc1[C@H]1C[C@@H]1NC(=O)C(=O)Nc1nccs1. The van der Waals surface area contributed by atoms with Crippen molar-refractivity contribution in [2.24, 2.45) is 0 Å². The van der Waals surface area contributed by atoms with Crippen molar-refractivity contribution in [3.8, 4) is 5.75 Å². The maximum Gasteiger partial charge on any atom is 0.315 e. The Morgan fingerprint density at radius 2 is 2.14 bits per heavy atom. The van der Waals surface area contributed by atoms with Crippen LogP contribution in [0.15, 0.2) is 35.8 Å². The number of aromatic nitrogens is 1. The second-order valence-electron chi connectivity index (χ2n) is 4.96. The van der Waals surface area contributed by atoms with Crippen LogP contribution in [-0.4, -0.2) is 29.9 Å². The number of anilines is 1. The van der Waals surface area contributed by atoms with Gasteiger partial charge in [0.15, 0.2) is 5.13 Å². The Kier molecular flexibility index (Phi) is 4.06. The Hall–Kier alpha value is -2.41. The van der Waals surface area contributed by atoms with Gasteiger partial charge in [0.2, 0.25) is 0 Å². The number of methoxy groups -OCH3 is 1. The van der Waals surface area contributed by atoms with E-state index in [-0.39, 0.29) is 12.0 Å². The lowest BCUT2D eigenvalue weighted by Gasteiger charge is -2.08. The first-order valence-corrected chi connectivity index (χ1v) is 7.71. The monoisotopic (exact) mass is 317 g/mol. The number of thiazole rings is 1. The normalized spacial score (nSPS) is 19.3. The molecule has 0 bridgehead atoms. The highest BCUT2D eigenvalue weighted by atomic mass is 32.1. The first-order valence-electron chi connectivity index (χ1n) is 6.83. The van der Waals surface area contributed by atoms with Crippen molar-refractivity contribution in [1.82, 2.24) is 10.3 Å². The summed E-state index contributed by atoms with van der Waals surface area (Å²) in [4.78, 5) is 27.5. The molecule has 3 rings (SSSR count). The maximum absolute atomic E-state index is 11.9. The number of carbonyl (C=O) groups is 2. The lowest BCUT2D eigenvalue weighted by molar-refractivity contribution is -0.136. The first kappa shape index (κ1) is 14.5. The van der Waals surface area contributed by atoms with Gasteiger partial charge < -0.3 is 10.1 Å². The molecule has 0 saturated heterocycles. The summed E-state index contributed by atoms with van der Waals surface area (Å²) in [5, 5.41) is 7.34.